The van der Waals surface area contributed by atoms with Gasteiger partial charge in [-0.2, -0.15) is 0 Å². The zero-order valence-electron chi connectivity index (χ0n) is 20.6. The molecule has 5 atom stereocenters. The summed E-state index contributed by atoms with van der Waals surface area (Å²) in [7, 11) is -1.26. The average Bonchev–Trinajstić information content (AvgIpc) is 2.95. The summed E-state index contributed by atoms with van der Waals surface area (Å²) in [4.78, 5) is 23.6. The molecule has 0 N–H and O–H groups in total. The quantitative estimate of drug-likeness (QED) is 0.299. The van der Waals surface area contributed by atoms with Crippen LogP contribution in [0.3, 0.4) is 0 Å². The Kier molecular flexibility index (Phi) is 5.80. The molecule has 2 unspecified atom stereocenters. The SMILES string of the molecule is CC(=O)OC/C(OS(C)(C)C)=C1\[C@H](C)CC2C3CCC4=CC(=O)C=C[C@]4(C)C3=CC[C@]12C. The zero-order valence-corrected chi connectivity index (χ0v) is 21.4. The van der Waals surface area contributed by atoms with Gasteiger partial charge >= 0.3 is 5.97 Å². The van der Waals surface area contributed by atoms with Crippen molar-refractivity contribution in [3.63, 3.8) is 0 Å². The van der Waals surface area contributed by atoms with Crippen LogP contribution >= 0.6 is 10.3 Å². The van der Waals surface area contributed by atoms with E-state index in [9.17, 15) is 9.59 Å². The fraction of sp³-hybridized carbons (Fsp3) is 0.630. The number of allylic oxidation sites excluding steroid dienone is 7. The predicted octanol–water partition coefficient (Wildman–Crippen LogP) is 5.90. The number of esters is 1. The van der Waals surface area contributed by atoms with Crippen molar-refractivity contribution in [3.05, 3.63) is 46.8 Å². The molecule has 0 amide bonds. The summed E-state index contributed by atoms with van der Waals surface area (Å²) in [6.07, 6.45) is 18.8. The molecule has 32 heavy (non-hydrogen) atoms. The molecule has 4 aliphatic carbocycles. The number of hydrogen-bond acceptors (Lipinski definition) is 4. The number of hydrogen-bond donors (Lipinski definition) is 0. The van der Waals surface area contributed by atoms with E-state index in [0.29, 0.717) is 17.8 Å². The van der Waals surface area contributed by atoms with Gasteiger partial charge in [0.15, 0.2) is 5.78 Å². The van der Waals surface area contributed by atoms with Gasteiger partial charge in [0, 0.05) is 12.3 Å². The van der Waals surface area contributed by atoms with Crippen molar-refractivity contribution in [2.24, 2.45) is 28.6 Å². The lowest BCUT2D eigenvalue weighted by Crippen LogP contribution is -2.42. The highest BCUT2D eigenvalue weighted by Crippen LogP contribution is 2.65. The van der Waals surface area contributed by atoms with Gasteiger partial charge in [-0.3, -0.25) is 9.59 Å². The van der Waals surface area contributed by atoms with Crippen molar-refractivity contribution in [3.8, 4) is 0 Å². The summed E-state index contributed by atoms with van der Waals surface area (Å²) in [5.41, 5.74) is 3.99. The summed E-state index contributed by atoms with van der Waals surface area (Å²) < 4.78 is 12.0. The molecule has 176 valence electrons. The van der Waals surface area contributed by atoms with Gasteiger partial charge in [0.1, 0.15) is 12.4 Å². The highest BCUT2D eigenvalue weighted by molar-refractivity contribution is 8.28. The van der Waals surface area contributed by atoms with E-state index in [2.05, 4.69) is 51.7 Å². The van der Waals surface area contributed by atoms with Crippen molar-refractivity contribution in [2.45, 2.75) is 53.4 Å². The van der Waals surface area contributed by atoms with E-state index in [-0.39, 0.29) is 29.2 Å². The number of rotatable bonds is 4. The van der Waals surface area contributed by atoms with Crippen LogP contribution in [-0.2, 0) is 18.5 Å². The number of ether oxygens (including phenoxy) is 1. The Balaban J connectivity index is 1.76. The van der Waals surface area contributed by atoms with Gasteiger partial charge in [0.05, 0.1) is 0 Å². The summed E-state index contributed by atoms with van der Waals surface area (Å²) in [6, 6.07) is 0. The van der Waals surface area contributed by atoms with E-state index in [1.54, 1.807) is 6.08 Å². The number of ketones is 1. The highest BCUT2D eigenvalue weighted by atomic mass is 32.3. The minimum Gasteiger partial charge on any atom is -0.458 e. The Hall–Kier alpha value is -1.75. The normalized spacial score (nSPS) is 38.1. The molecule has 0 aromatic carbocycles. The Morgan fingerprint density at radius 2 is 1.97 bits per heavy atom. The molecule has 4 aliphatic rings. The van der Waals surface area contributed by atoms with Gasteiger partial charge in [0.25, 0.3) is 0 Å². The lowest BCUT2D eigenvalue weighted by atomic mass is 9.53. The minimum absolute atomic E-state index is 0.000462. The van der Waals surface area contributed by atoms with Gasteiger partial charge in [-0.25, -0.2) is 0 Å². The second-order valence-electron chi connectivity index (χ2n) is 11.2. The van der Waals surface area contributed by atoms with Crippen molar-refractivity contribution in [1.82, 2.24) is 0 Å². The summed E-state index contributed by atoms with van der Waals surface area (Å²) in [5, 5.41) is 0. The van der Waals surface area contributed by atoms with Crippen LogP contribution in [0.1, 0.15) is 53.4 Å². The summed E-state index contributed by atoms with van der Waals surface area (Å²) in [5.74, 6) is 2.15. The van der Waals surface area contributed by atoms with E-state index < -0.39 is 10.3 Å². The van der Waals surface area contributed by atoms with E-state index in [4.69, 9.17) is 8.92 Å². The van der Waals surface area contributed by atoms with Crippen LogP contribution in [0.5, 0.6) is 0 Å². The second-order valence-corrected chi connectivity index (χ2v) is 14.8. The van der Waals surface area contributed by atoms with Crippen molar-refractivity contribution < 1.29 is 18.5 Å². The number of fused-ring (bicyclic) bond motifs is 5. The second kappa shape index (κ2) is 7.93. The van der Waals surface area contributed by atoms with Gasteiger partial charge in [-0.1, -0.05) is 37.1 Å². The molecular weight excluding hydrogens is 420 g/mol. The Labute approximate surface area is 194 Å². The zero-order chi connectivity index (χ0) is 23.5. The summed E-state index contributed by atoms with van der Waals surface area (Å²) in [6.45, 7) is 8.67. The van der Waals surface area contributed by atoms with Crippen LogP contribution in [0, 0.1) is 28.6 Å². The number of carbonyl (C=O) groups is 2. The van der Waals surface area contributed by atoms with E-state index in [1.165, 1.54) is 23.6 Å². The van der Waals surface area contributed by atoms with Gasteiger partial charge in [-0.15, -0.1) is 10.3 Å². The molecule has 2 saturated carbocycles. The third-order valence-corrected chi connectivity index (χ3v) is 8.81. The summed E-state index contributed by atoms with van der Waals surface area (Å²) >= 11 is 0. The van der Waals surface area contributed by atoms with E-state index in [1.807, 2.05) is 6.08 Å². The first-order valence-corrected chi connectivity index (χ1v) is 14.5. The molecule has 4 rings (SSSR count). The molecular formula is C27H38O4S. The molecule has 0 radical (unpaired) electrons. The number of carbonyl (C=O) groups excluding carboxylic acids is 2. The smallest absolute Gasteiger partial charge is 0.303 e. The van der Waals surface area contributed by atoms with Crippen LogP contribution in [0.25, 0.3) is 0 Å². The van der Waals surface area contributed by atoms with Gasteiger partial charge in [-0.05, 0) is 92.3 Å². The fourth-order valence-electron chi connectivity index (χ4n) is 6.89. The fourth-order valence-corrected chi connectivity index (χ4v) is 7.64. The topological polar surface area (TPSA) is 52.6 Å². The molecule has 0 aromatic rings. The molecule has 0 spiro atoms. The minimum atomic E-state index is -1.26. The molecule has 0 saturated heterocycles. The van der Waals surface area contributed by atoms with E-state index in [0.717, 1.165) is 31.4 Å². The molecule has 0 aromatic heterocycles. The first-order valence-electron chi connectivity index (χ1n) is 11.7. The Morgan fingerprint density at radius 1 is 1.25 bits per heavy atom. The maximum atomic E-state index is 12.0. The molecule has 0 bridgehead atoms. The largest absolute Gasteiger partial charge is 0.458 e. The lowest BCUT2D eigenvalue weighted by Gasteiger charge is -2.51. The highest BCUT2D eigenvalue weighted by Gasteiger charge is 2.56. The van der Waals surface area contributed by atoms with Gasteiger partial charge < -0.3 is 8.92 Å². The Bertz CT molecular complexity index is 963. The van der Waals surface area contributed by atoms with Crippen molar-refractivity contribution in [1.29, 1.82) is 0 Å². The maximum absolute atomic E-state index is 12.0. The molecule has 4 nitrogen and oxygen atoms in total. The predicted molar refractivity (Wildman–Crippen MR) is 131 cm³/mol. The van der Waals surface area contributed by atoms with Crippen LogP contribution in [-0.4, -0.2) is 37.1 Å². The van der Waals surface area contributed by atoms with Crippen molar-refractivity contribution >= 4 is 22.1 Å². The van der Waals surface area contributed by atoms with Crippen LogP contribution in [0.2, 0.25) is 0 Å². The van der Waals surface area contributed by atoms with Crippen LogP contribution in [0.4, 0.5) is 0 Å². The first kappa shape index (κ1) is 23.4. The van der Waals surface area contributed by atoms with Crippen LogP contribution < -0.4 is 0 Å². The molecule has 5 heteroatoms. The first-order chi connectivity index (χ1) is 14.8. The standard InChI is InChI=1S/C27H38O4S/c1-17-14-23-21-9-8-19-15-20(29)10-12-26(19,3)22(21)11-13-27(23,4)25(17)24(16-30-18(2)28)31-32(5,6)7/h10-12,15,17,21,23H,8-9,13-14,16H2,1-7H3/b25-24-/t17-,21?,23?,26+,27+/m1/s1. The van der Waals surface area contributed by atoms with Gasteiger partial charge in [0.2, 0.25) is 0 Å². The Morgan fingerprint density at radius 3 is 2.62 bits per heavy atom. The van der Waals surface area contributed by atoms with E-state index >= 15 is 0 Å². The monoisotopic (exact) mass is 458 g/mol. The molecule has 0 heterocycles. The molecule has 0 aliphatic heterocycles. The van der Waals surface area contributed by atoms with Crippen molar-refractivity contribution in [2.75, 3.05) is 25.4 Å². The average molecular weight is 459 g/mol. The maximum Gasteiger partial charge on any atom is 0.303 e. The lowest BCUT2D eigenvalue weighted by molar-refractivity contribution is -0.140. The third-order valence-electron chi connectivity index (χ3n) is 8.11. The van der Waals surface area contributed by atoms with Crippen LogP contribution in [0.15, 0.2) is 46.8 Å². The third kappa shape index (κ3) is 3.91. The molecule has 2 fully saturated rings.